The number of halogens is 1. The van der Waals surface area contributed by atoms with Gasteiger partial charge in [0.05, 0.1) is 0 Å². The Bertz CT molecular complexity index is 996. The molecule has 1 saturated heterocycles. The first-order valence-corrected chi connectivity index (χ1v) is 12.8. The van der Waals surface area contributed by atoms with E-state index < -0.39 is 0 Å². The molecule has 1 fully saturated rings. The number of nitrogens with one attached hydrogen (secondary N) is 1. The Morgan fingerprint density at radius 2 is 1.88 bits per heavy atom. The predicted molar refractivity (Wildman–Crippen MR) is 130 cm³/mol. The van der Waals surface area contributed by atoms with Crippen molar-refractivity contribution in [1.29, 1.82) is 0 Å². The quantitative estimate of drug-likeness (QED) is 0.468. The maximum absolute atomic E-state index is 13.1. The average Bonchev–Trinajstić information content (AvgIpc) is 3.11. The van der Waals surface area contributed by atoms with Crippen molar-refractivity contribution < 1.29 is 9.18 Å². The summed E-state index contributed by atoms with van der Waals surface area (Å²) in [4.78, 5) is 19.9. The first-order chi connectivity index (χ1) is 15.6. The summed E-state index contributed by atoms with van der Waals surface area (Å²) < 4.78 is 13.1. The predicted octanol–water partition coefficient (Wildman–Crippen LogP) is 5.69. The van der Waals surface area contributed by atoms with E-state index in [1.165, 1.54) is 84.5 Å². The lowest BCUT2D eigenvalue weighted by Crippen LogP contribution is -2.46. The summed E-state index contributed by atoms with van der Waals surface area (Å²) in [7, 11) is 0. The number of aryl methyl sites for hydroxylation is 1. The average molecular weight is 453 g/mol. The second-order valence-electron chi connectivity index (χ2n) is 9.91. The van der Waals surface area contributed by atoms with E-state index in [0.29, 0.717) is 23.8 Å². The molecule has 5 heteroatoms. The van der Waals surface area contributed by atoms with Crippen molar-refractivity contribution in [2.24, 2.45) is 11.8 Å². The molecule has 1 N–H and O–H groups in total. The number of carbonyl (C=O) groups excluding carboxylic acids is 1. The Balaban J connectivity index is 1.21. The van der Waals surface area contributed by atoms with Gasteiger partial charge in [-0.3, -0.25) is 4.79 Å². The molecule has 2 aromatic rings. The number of rotatable bonds is 5. The van der Waals surface area contributed by atoms with Crippen LogP contribution in [0.25, 0.3) is 0 Å². The fraction of sp³-hybridized carbons (Fsp3) is 0.556. The first kappa shape index (κ1) is 22.0. The van der Waals surface area contributed by atoms with Crippen LogP contribution in [0.4, 0.5) is 4.39 Å². The summed E-state index contributed by atoms with van der Waals surface area (Å²) in [5.41, 5.74) is 6.43. The van der Waals surface area contributed by atoms with Gasteiger partial charge in [-0.15, -0.1) is 0 Å². The number of piperidine rings is 1. The monoisotopic (exact) mass is 452 g/mol. The Kier molecular flexibility index (Phi) is 6.56. The molecule has 2 heterocycles. The molecule has 3 aliphatic rings. The minimum Gasteiger partial charge on any atom is -0.361 e. The normalized spacial score (nSPS) is 23.6. The molecule has 2 atom stereocenters. The minimum atomic E-state index is -0.300. The van der Waals surface area contributed by atoms with Crippen molar-refractivity contribution in [3.8, 4) is 0 Å². The second-order valence-corrected chi connectivity index (χ2v) is 10.3. The van der Waals surface area contributed by atoms with Crippen LogP contribution < -0.4 is 0 Å². The molecule has 0 radical (unpaired) electrons. The van der Waals surface area contributed by atoms with Gasteiger partial charge >= 0.3 is 0 Å². The Hall–Kier alpha value is -1.85. The molecule has 0 bridgehead atoms. The van der Waals surface area contributed by atoms with E-state index in [9.17, 15) is 9.18 Å². The lowest BCUT2D eigenvalue weighted by atomic mass is 9.73. The van der Waals surface area contributed by atoms with Crippen molar-refractivity contribution in [2.45, 2.75) is 64.2 Å². The van der Waals surface area contributed by atoms with Crippen LogP contribution in [0.1, 0.15) is 77.8 Å². The number of nitrogens with zero attached hydrogens (tertiary/aromatic N) is 1. The van der Waals surface area contributed by atoms with Gasteiger partial charge in [-0.05, 0) is 93.8 Å². The van der Waals surface area contributed by atoms with Gasteiger partial charge in [-0.25, -0.2) is 4.39 Å². The molecule has 1 aromatic heterocycles. The Labute approximate surface area is 195 Å². The van der Waals surface area contributed by atoms with E-state index in [4.69, 9.17) is 12.2 Å². The van der Waals surface area contributed by atoms with E-state index in [1.54, 1.807) is 12.1 Å². The summed E-state index contributed by atoms with van der Waals surface area (Å²) >= 11 is 6.13. The van der Waals surface area contributed by atoms with Crippen LogP contribution in [0, 0.1) is 17.7 Å². The number of fused-ring (bicyclic) bond motifs is 4. The largest absolute Gasteiger partial charge is 0.361 e. The molecule has 32 heavy (non-hydrogen) atoms. The van der Waals surface area contributed by atoms with E-state index in [2.05, 4.69) is 9.88 Å². The molecule has 0 spiro atoms. The highest BCUT2D eigenvalue weighted by molar-refractivity contribution is 7.80. The Morgan fingerprint density at radius 3 is 2.69 bits per heavy atom. The second kappa shape index (κ2) is 9.56. The lowest BCUT2D eigenvalue weighted by molar-refractivity contribution is 0.0965. The minimum absolute atomic E-state index is 0.101. The molecule has 3 nitrogen and oxygen atoms in total. The molecule has 1 aromatic carbocycles. The van der Waals surface area contributed by atoms with Crippen LogP contribution in [-0.4, -0.2) is 40.2 Å². The van der Waals surface area contributed by atoms with E-state index in [0.717, 1.165) is 32.5 Å². The van der Waals surface area contributed by atoms with Crippen molar-refractivity contribution in [2.75, 3.05) is 19.6 Å². The van der Waals surface area contributed by atoms with Crippen molar-refractivity contribution in [3.05, 3.63) is 58.2 Å². The topological polar surface area (TPSA) is 36.1 Å². The van der Waals surface area contributed by atoms with Crippen molar-refractivity contribution in [3.63, 3.8) is 0 Å². The van der Waals surface area contributed by atoms with Crippen molar-refractivity contribution >= 4 is 22.9 Å². The van der Waals surface area contributed by atoms with Crippen LogP contribution >= 0.6 is 12.2 Å². The fourth-order valence-electron chi connectivity index (χ4n) is 6.05. The fourth-order valence-corrected chi connectivity index (χ4v) is 6.57. The number of aromatic nitrogens is 1. The third-order valence-electron chi connectivity index (χ3n) is 7.81. The standard InChI is InChI=1S/C27H33FN2OS/c28-20-11-9-18(10-12-20)25(31)8-5-14-30-15-13-19-16-24-26(27(32)22(19)17-30)21-6-3-1-2-4-7-23(21)29-24/h9-12,19,22,29H,1-8,13-17H2/t19-,22+/m0/s1. The molecular weight excluding hydrogens is 419 g/mol. The number of benzene rings is 1. The van der Waals surface area contributed by atoms with Crippen LogP contribution in [-0.2, 0) is 19.3 Å². The number of H-pyrrole nitrogens is 1. The first-order valence-electron chi connectivity index (χ1n) is 12.4. The molecule has 0 amide bonds. The number of Topliss-reactive ketones (excluding diaryl/α,β-unsaturated/α-hetero) is 1. The number of hydrogen-bond donors (Lipinski definition) is 1. The maximum Gasteiger partial charge on any atom is 0.162 e. The van der Waals surface area contributed by atoms with Gasteiger partial charge < -0.3 is 9.88 Å². The third kappa shape index (κ3) is 4.47. The van der Waals surface area contributed by atoms with Crippen LogP contribution in [0.3, 0.4) is 0 Å². The van der Waals surface area contributed by atoms with Gasteiger partial charge in [0, 0.05) is 46.3 Å². The van der Waals surface area contributed by atoms with Crippen LogP contribution in [0.5, 0.6) is 0 Å². The number of carbonyl (C=O) groups is 1. The zero-order chi connectivity index (χ0) is 22.1. The van der Waals surface area contributed by atoms with E-state index >= 15 is 0 Å². The maximum atomic E-state index is 13.1. The third-order valence-corrected chi connectivity index (χ3v) is 8.31. The number of aromatic amines is 1. The number of hydrogen-bond acceptors (Lipinski definition) is 3. The van der Waals surface area contributed by atoms with Gasteiger partial charge in [-0.2, -0.15) is 0 Å². The smallest absolute Gasteiger partial charge is 0.162 e. The van der Waals surface area contributed by atoms with Gasteiger partial charge in [0.25, 0.3) is 0 Å². The Morgan fingerprint density at radius 1 is 1.09 bits per heavy atom. The van der Waals surface area contributed by atoms with Gasteiger partial charge in [-0.1, -0.05) is 25.1 Å². The summed E-state index contributed by atoms with van der Waals surface area (Å²) in [6.07, 6.45) is 11.3. The van der Waals surface area contributed by atoms with E-state index in [1.807, 2.05) is 0 Å². The molecule has 5 rings (SSSR count). The van der Waals surface area contributed by atoms with Crippen LogP contribution in [0.2, 0.25) is 0 Å². The van der Waals surface area contributed by atoms with Gasteiger partial charge in [0.15, 0.2) is 5.78 Å². The molecule has 170 valence electrons. The molecular formula is C27H33FN2OS. The highest BCUT2D eigenvalue weighted by Gasteiger charge is 2.39. The number of thiocarbonyl (C=S) groups is 1. The summed E-state index contributed by atoms with van der Waals surface area (Å²) in [6, 6.07) is 5.89. The molecule has 0 saturated carbocycles. The summed E-state index contributed by atoms with van der Waals surface area (Å²) in [5, 5.41) is 0. The molecule has 0 unspecified atom stereocenters. The lowest BCUT2D eigenvalue weighted by Gasteiger charge is -2.41. The zero-order valence-electron chi connectivity index (χ0n) is 18.8. The SMILES string of the molecule is O=C(CCCN1CC[C@H]2Cc3[nH]c4c(c3C(=S)[C@@H]2C1)CCCCCC4)c1ccc(F)cc1. The van der Waals surface area contributed by atoms with Gasteiger partial charge in [0.2, 0.25) is 0 Å². The summed E-state index contributed by atoms with van der Waals surface area (Å²) in [6.45, 7) is 3.04. The zero-order valence-corrected chi connectivity index (χ0v) is 19.6. The highest BCUT2D eigenvalue weighted by Crippen LogP contribution is 2.40. The van der Waals surface area contributed by atoms with E-state index in [-0.39, 0.29) is 11.6 Å². The highest BCUT2D eigenvalue weighted by atomic mass is 32.1. The van der Waals surface area contributed by atoms with Crippen molar-refractivity contribution in [1.82, 2.24) is 9.88 Å². The molecule has 1 aliphatic heterocycles. The number of ketones is 1. The number of likely N-dealkylation sites (tertiary alicyclic amines) is 1. The summed E-state index contributed by atoms with van der Waals surface area (Å²) in [5.74, 6) is 0.913. The van der Waals surface area contributed by atoms with Gasteiger partial charge in [0.1, 0.15) is 5.82 Å². The molecule has 2 aliphatic carbocycles. The van der Waals surface area contributed by atoms with Crippen LogP contribution in [0.15, 0.2) is 24.3 Å².